The van der Waals surface area contributed by atoms with Gasteiger partial charge in [0.25, 0.3) is 0 Å². The van der Waals surface area contributed by atoms with Crippen molar-refractivity contribution >= 4 is 16.9 Å². The van der Waals surface area contributed by atoms with Crippen LogP contribution < -0.4 is 0 Å². The molecule has 1 atom stereocenters. The van der Waals surface area contributed by atoms with Crippen LogP contribution in [-0.2, 0) is 4.79 Å². The molecule has 1 heterocycles. The minimum absolute atomic E-state index is 0.00351. The zero-order chi connectivity index (χ0) is 16.5. The van der Waals surface area contributed by atoms with Crippen LogP contribution >= 0.6 is 0 Å². The summed E-state index contributed by atoms with van der Waals surface area (Å²) in [6.07, 6.45) is 6.26. The minimum atomic E-state index is -0.881. The van der Waals surface area contributed by atoms with Gasteiger partial charge in [-0.05, 0) is 30.2 Å². The third kappa shape index (κ3) is 2.44. The van der Waals surface area contributed by atoms with Crippen LogP contribution in [0, 0.1) is 0 Å². The molecule has 0 saturated carbocycles. The highest BCUT2D eigenvalue weighted by atomic mass is 16.4. The predicted molar refractivity (Wildman–Crippen MR) is 95.9 cm³/mol. The van der Waals surface area contributed by atoms with Crippen molar-refractivity contribution in [3.8, 4) is 11.3 Å². The summed E-state index contributed by atoms with van der Waals surface area (Å²) in [5.74, 6) is -0.881. The third-order valence-corrected chi connectivity index (χ3v) is 4.44. The molecule has 0 amide bonds. The van der Waals surface area contributed by atoms with Crippen LogP contribution in [0.15, 0.2) is 84.5 Å². The lowest BCUT2D eigenvalue weighted by atomic mass is 10.0. The molecule has 2 aromatic carbocycles. The predicted octanol–water partition coefficient (Wildman–Crippen LogP) is 4.82. The van der Waals surface area contributed by atoms with Gasteiger partial charge in [-0.2, -0.15) is 0 Å². The first kappa shape index (κ1) is 14.5. The van der Waals surface area contributed by atoms with Gasteiger partial charge in [0, 0.05) is 16.6 Å². The molecule has 3 heteroatoms. The van der Waals surface area contributed by atoms with Crippen LogP contribution in [-0.4, -0.2) is 15.6 Å². The van der Waals surface area contributed by atoms with Gasteiger partial charge in [0.15, 0.2) is 0 Å². The van der Waals surface area contributed by atoms with Crippen LogP contribution in [0.1, 0.15) is 12.5 Å². The second kappa shape index (κ2) is 5.85. The highest BCUT2D eigenvalue weighted by Gasteiger charge is 2.20. The minimum Gasteiger partial charge on any atom is -0.478 e. The summed E-state index contributed by atoms with van der Waals surface area (Å²) in [7, 11) is 0. The number of carboxylic acid groups (broad SMARTS) is 1. The van der Waals surface area contributed by atoms with E-state index in [4.69, 9.17) is 0 Å². The van der Waals surface area contributed by atoms with Gasteiger partial charge in [-0.25, -0.2) is 4.79 Å². The van der Waals surface area contributed by atoms with Gasteiger partial charge in [-0.3, -0.25) is 0 Å². The topological polar surface area (TPSA) is 42.2 Å². The molecule has 0 saturated heterocycles. The van der Waals surface area contributed by atoms with E-state index >= 15 is 0 Å². The van der Waals surface area contributed by atoms with Crippen molar-refractivity contribution in [2.75, 3.05) is 0 Å². The van der Waals surface area contributed by atoms with E-state index < -0.39 is 5.97 Å². The molecule has 1 aliphatic rings. The molecule has 0 fully saturated rings. The molecule has 1 aliphatic carbocycles. The number of aliphatic carboxylic acids is 1. The van der Waals surface area contributed by atoms with Crippen molar-refractivity contribution in [3.63, 3.8) is 0 Å². The van der Waals surface area contributed by atoms with Gasteiger partial charge < -0.3 is 9.67 Å². The number of hydrogen-bond acceptors (Lipinski definition) is 1. The summed E-state index contributed by atoms with van der Waals surface area (Å²) >= 11 is 0. The van der Waals surface area contributed by atoms with Gasteiger partial charge in [-0.1, -0.05) is 60.7 Å². The Hall–Kier alpha value is -3.07. The number of aromatic nitrogens is 1. The van der Waals surface area contributed by atoms with E-state index in [0.29, 0.717) is 5.57 Å². The fourth-order valence-corrected chi connectivity index (χ4v) is 3.35. The van der Waals surface area contributed by atoms with Crippen molar-refractivity contribution in [2.45, 2.75) is 12.5 Å². The zero-order valence-electron chi connectivity index (χ0n) is 13.1. The number of rotatable bonds is 3. The quantitative estimate of drug-likeness (QED) is 0.753. The maximum absolute atomic E-state index is 11.4. The van der Waals surface area contributed by atoms with Crippen LogP contribution in [0.3, 0.4) is 0 Å². The third-order valence-electron chi connectivity index (χ3n) is 4.44. The van der Waals surface area contributed by atoms with Gasteiger partial charge in [-0.15, -0.1) is 0 Å². The highest BCUT2D eigenvalue weighted by Crippen LogP contribution is 2.35. The lowest BCUT2D eigenvalue weighted by Gasteiger charge is -2.22. The Morgan fingerprint density at radius 1 is 1.04 bits per heavy atom. The molecule has 4 rings (SSSR count). The Bertz CT molecular complexity index is 964. The Kier molecular flexibility index (Phi) is 3.54. The number of para-hydroxylation sites is 1. The largest absolute Gasteiger partial charge is 0.478 e. The van der Waals surface area contributed by atoms with Crippen LogP contribution in [0.2, 0.25) is 0 Å². The van der Waals surface area contributed by atoms with Crippen LogP contribution in [0.5, 0.6) is 0 Å². The number of allylic oxidation sites excluding steroid dienone is 2. The molecule has 0 radical (unpaired) electrons. The van der Waals surface area contributed by atoms with Gasteiger partial charge in [0.1, 0.15) is 0 Å². The van der Waals surface area contributed by atoms with Crippen LogP contribution in [0.4, 0.5) is 0 Å². The number of nitrogens with zero attached hydrogens (tertiary/aromatic N) is 1. The van der Waals surface area contributed by atoms with Crippen molar-refractivity contribution in [2.24, 2.45) is 0 Å². The smallest absolute Gasteiger partial charge is 0.335 e. The maximum Gasteiger partial charge on any atom is 0.335 e. The molecule has 3 aromatic rings. The zero-order valence-corrected chi connectivity index (χ0v) is 13.1. The summed E-state index contributed by atoms with van der Waals surface area (Å²) in [6, 6.07) is 20.6. The van der Waals surface area contributed by atoms with E-state index in [9.17, 15) is 9.90 Å². The Morgan fingerprint density at radius 2 is 1.79 bits per heavy atom. The first-order chi connectivity index (χ1) is 11.7. The average Bonchev–Trinajstić information content (AvgIpc) is 3.02. The Balaban J connectivity index is 1.94. The molecule has 1 N–H and O–H groups in total. The first-order valence-electron chi connectivity index (χ1n) is 8.01. The van der Waals surface area contributed by atoms with E-state index in [0.717, 1.165) is 28.6 Å². The number of hydrogen-bond donors (Lipinski definition) is 1. The van der Waals surface area contributed by atoms with E-state index in [1.165, 1.54) is 0 Å². The average molecular weight is 315 g/mol. The summed E-state index contributed by atoms with van der Waals surface area (Å²) in [5.41, 5.74) is 3.72. The number of fused-ring (bicyclic) bond motifs is 1. The summed E-state index contributed by atoms with van der Waals surface area (Å²) in [6.45, 7) is 0. The number of carbonyl (C=O) groups is 1. The molecule has 0 spiro atoms. The van der Waals surface area contributed by atoms with E-state index in [-0.39, 0.29) is 6.04 Å². The van der Waals surface area contributed by atoms with E-state index in [1.807, 2.05) is 42.5 Å². The van der Waals surface area contributed by atoms with E-state index in [1.54, 1.807) is 6.08 Å². The monoisotopic (exact) mass is 315 g/mol. The van der Waals surface area contributed by atoms with Crippen molar-refractivity contribution in [1.82, 2.24) is 4.57 Å². The SMILES string of the molecule is O=C(O)C1=CC(n2c(-c3ccccc3)cc3ccccc32)CC=C1. The first-order valence-corrected chi connectivity index (χ1v) is 8.01. The highest BCUT2D eigenvalue weighted by molar-refractivity contribution is 5.91. The molecule has 0 aliphatic heterocycles. The fraction of sp³-hybridized carbons (Fsp3) is 0.0952. The standard InChI is InChI=1S/C21H17NO2/c23-21(24)17-10-6-11-18(13-17)22-19-12-5-4-9-16(19)14-20(22)15-7-2-1-3-8-15/h1-10,12-14,18H,11H2,(H,23,24). The van der Waals surface area contributed by atoms with Crippen LogP contribution in [0.25, 0.3) is 22.2 Å². The summed E-state index contributed by atoms with van der Waals surface area (Å²) < 4.78 is 2.25. The van der Waals surface area contributed by atoms with E-state index in [2.05, 4.69) is 34.9 Å². The maximum atomic E-state index is 11.4. The molecular weight excluding hydrogens is 298 g/mol. The van der Waals surface area contributed by atoms with Crippen molar-refractivity contribution in [3.05, 3.63) is 84.5 Å². The Morgan fingerprint density at radius 3 is 2.58 bits per heavy atom. The lowest BCUT2D eigenvalue weighted by molar-refractivity contribution is -0.132. The summed E-state index contributed by atoms with van der Waals surface area (Å²) in [5, 5.41) is 10.5. The molecular formula is C21H17NO2. The second-order valence-electron chi connectivity index (χ2n) is 5.96. The number of benzene rings is 2. The number of carboxylic acids is 1. The molecule has 3 nitrogen and oxygen atoms in total. The van der Waals surface area contributed by atoms with Gasteiger partial charge in [0.2, 0.25) is 0 Å². The summed E-state index contributed by atoms with van der Waals surface area (Å²) in [4.78, 5) is 11.4. The molecule has 1 unspecified atom stereocenters. The normalized spacial score (nSPS) is 17.0. The lowest BCUT2D eigenvalue weighted by Crippen LogP contribution is -2.12. The van der Waals surface area contributed by atoms with Gasteiger partial charge in [0.05, 0.1) is 11.6 Å². The van der Waals surface area contributed by atoms with Gasteiger partial charge >= 0.3 is 5.97 Å². The molecule has 1 aromatic heterocycles. The fourth-order valence-electron chi connectivity index (χ4n) is 3.35. The second-order valence-corrected chi connectivity index (χ2v) is 5.96. The van der Waals surface area contributed by atoms with Crippen molar-refractivity contribution < 1.29 is 9.90 Å². The molecule has 118 valence electrons. The molecule has 0 bridgehead atoms. The Labute approximate surface area is 140 Å². The van der Waals surface area contributed by atoms with Crippen molar-refractivity contribution in [1.29, 1.82) is 0 Å². The molecule has 24 heavy (non-hydrogen) atoms.